The molecule has 0 saturated carbocycles. The fourth-order valence-corrected chi connectivity index (χ4v) is 2.38. The minimum atomic E-state index is -0.0785. The van der Waals surface area contributed by atoms with Gasteiger partial charge in [0.15, 0.2) is 0 Å². The zero-order valence-corrected chi connectivity index (χ0v) is 15.0. The molecule has 1 N–H and O–H groups in total. The average Bonchev–Trinajstić information content (AvgIpc) is 2.38. The van der Waals surface area contributed by atoms with E-state index in [0.29, 0.717) is 17.6 Å². The molecule has 0 atom stereocenters. The number of rotatable bonds is 5. The summed E-state index contributed by atoms with van der Waals surface area (Å²) >= 11 is 0. The Kier molecular flexibility index (Phi) is 4.98. The maximum Gasteiger partial charge on any atom is 0.123 e. The maximum atomic E-state index is 10.9. The molecule has 0 fully saturated rings. The summed E-state index contributed by atoms with van der Waals surface area (Å²) in [6.07, 6.45) is 1.87. The van der Waals surface area contributed by atoms with Crippen molar-refractivity contribution in [2.45, 2.75) is 66.2 Å². The minimum absolute atomic E-state index is 0.0785. The van der Waals surface area contributed by atoms with Crippen LogP contribution in [-0.2, 0) is 10.8 Å². The molecule has 0 aliphatic rings. The summed E-state index contributed by atoms with van der Waals surface area (Å²) in [7, 11) is 0. The van der Waals surface area contributed by atoms with Crippen LogP contribution < -0.4 is 0 Å². The molecule has 0 aromatic heterocycles. The summed E-state index contributed by atoms with van der Waals surface area (Å²) in [5.74, 6) is 1.34. The quantitative estimate of drug-likeness (QED) is 0.715. The molecule has 0 spiro atoms. The standard InChI is InChI=1S/C20H32O/c1-10-15-11-16(19(6,7)13(2)3)18(21)17(12-15)20(8,9)14(4)5/h10-14,21H,1H2,2-9H3. The molecule has 0 unspecified atom stereocenters. The van der Waals surface area contributed by atoms with Crippen molar-refractivity contribution >= 4 is 6.08 Å². The Labute approximate surface area is 131 Å². The summed E-state index contributed by atoms with van der Waals surface area (Å²) in [6, 6.07) is 4.17. The van der Waals surface area contributed by atoms with Crippen LogP contribution in [0, 0.1) is 11.8 Å². The molecule has 1 aromatic carbocycles. The van der Waals surface area contributed by atoms with Crippen molar-refractivity contribution in [3.63, 3.8) is 0 Å². The second-order valence-electron chi connectivity index (χ2n) is 7.92. The lowest BCUT2D eigenvalue weighted by Crippen LogP contribution is -2.28. The SMILES string of the molecule is C=Cc1cc(C(C)(C)C(C)C)c(O)c(C(C)(C)C(C)C)c1. The molecule has 1 aromatic rings. The number of hydrogen-bond acceptors (Lipinski definition) is 1. The lowest BCUT2D eigenvalue weighted by molar-refractivity contribution is 0.328. The summed E-state index contributed by atoms with van der Waals surface area (Å²) in [5.41, 5.74) is 2.98. The van der Waals surface area contributed by atoms with Gasteiger partial charge in [0.1, 0.15) is 5.75 Å². The third-order valence-electron chi connectivity index (χ3n) is 5.64. The first-order chi connectivity index (χ1) is 9.46. The van der Waals surface area contributed by atoms with Crippen molar-refractivity contribution in [2.24, 2.45) is 11.8 Å². The van der Waals surface area contributed by atoms with Gasteiger partial charge < -0.3 is 5.11 Å². The third-order valence-corrected chi connectivity index (χ3v) is 5.64. The van der Waals surface area contributed by atoms with Crippen molar-refractivity contribution in [3.05, 3.63) is 35.4 Å². The Balaban J connectivity index is 3.67. The molecular weight excluding hydrogens is 256 g/mol. The number of phenolic OH excluding ortho intramolecular Hbond substituents is 1. The monoisotopic (exact) mass is 288 g/mol. The largest absolute Gasteiger partial charge is 0.507 e. The summed E-state index contributed by atoms with van der Waals surface area (Å²) in [5, 5.41) is 10.9. The van der Waals surface area contributed by atoms with E-state index < -0.39 is 0 Å². The first-order valence-electron chi connectivity index (χ1n) is 7.96. The smallest absolute Gasteiger partial charge is 0.123 e. The number of aromatic hydroxyl groups is 1. The zero-order chi connectivity index (χ0) is 16.6. The Hall–Kier alpha value is -1.24. The van der Waals surface area contributed by atoms with Crippen LogP contribution in [0.2, 0.25) is 0 Å². The van der Waals surface area contributed by atoms with Crippen LogP contribution in [0.15, 0.2) is 18.7 Å². The minimum Gasteiger partial charge on any atom is -0.507 e. The normalized spacial score (nSPS) is 13.0. The van der Waals surface area contributed by atoms with Gasteiger partial charge in [0.25, 0.3) is 0 Å². The molecule has 1 nitrogen and oxygen atoms in total. The van der Waals surface area contributed by atoms with Gasteiger partial charge in [-0.25, -0.2) is 0 Å². The molecule has 0 heterocycles. The van der Waals surface area contributed by atoms with Crippen LogP contribution in [0.1, 0.15) is 72.1 Å². The number of phenols is 1. The van der Waals surface area contributed by atoms with Crippen LogP contribution in [0.3, 0.4) is 0 Å². The highest BCUT2D eigenvalue weighted by Crippen LogP contribution is 2.45. The van der Waals surface area contributed by atoms with Gasteiger partial charge in [-0.1, -0.05) is 68.0 Å². The lowest BCUT2D eigenvalue weighted by Gasteiger charge is -2.36. The van der Waals surface area contributed by atoms with E-state index in [1.165, 1.54) is 0 Å². The van der Waals surface area contributed by atoms with Crippen molar-refractivity contribution in [1.29, 1.82) is 0 Å². The van der Waals surface area contributed by atoms with Crippen LogP contribution in [0.25, 0.3) is 6.08 Å². The predicted octanol–water partition coefficient (Wildman–Crippen LogP) is 5.90. The van der Waals surface area contributed by atoms with Crippen molar-refractivity contribution in [1.82, 2.24) is 0 Å². The van der Waals surface area contributed by atoms with E-state index in [2.05, 4.69) is 74.1 Å². The zero-order valence-electron chi connectivity index (χ0n) is 15.0. The third kappa shape index (κ3) is 3.17. The second-order valence-corrected chi connectivity index (χ2v) is 7.92. The van der Waals surface area contributed by atoms with E-state index in [1.807, 2.05) is 6.08 Å². The van der Waals surface area contributed by atoms with Gasteiger partial charge in [-0.3, -0.25) is 0 Å². The predicted molar refractivity (Wildman–Crippen MR) is 93.9 cm³/mol. The summed E-state index contributed by atoms with van der Waals surface area (Å²) in [6.45, 7) is 21.5. The molecule has 1 heteroatoms. The van der Waals surface area contributed by atoms with E-state index in [0.717, 1.165) is 16.7 Å². The Bertz CT molecular complexity index is 478. The Morgan fingerprint density at radius 2 is 1.24 bits per heavy atom. The Morgan fingerprint density at radius 1 is 0.905 bits per heavy atom. The fourth-order valence-electron chi connectivity index (χ4n) is 2.38. The molecule has 0 aliphatic heterocycles. The van der Waals surface area contributed by atoms with E-state index >= 15 is 0 Å². The maximum absolute atomic E-state index is 10.9. The topological polar surface area (TPSA) is 20.2 Å². The molecule has 0 radical (unpaired) electrons. The molecule has 0 aliphatic carbocycles. The molecule has 0 saturated heterocycles. The van der Waals surface area contributed by atoms with Crippen molar-refractivity contribution < 1.29 is 5.11 Å². The molecule has 1 rings (SSSR count). The number of hydrogen-bond donors (Lipinski definition) is 1. The van der Waals surface area contributed by atoms with Crippen LogP contribution in [0.4, 0.5) is 0 Å². The highest BCUT2D eigenvalue weighted by molar-refractivity contribution is 5.58. The fraction of sp³-hybridized carbons (Fsp3) is 0.600. The molecule has 0 amide bonds. The molecule has 118 valence electrons. The first kappa shape index (κ1) is 17.8. The lowest BCUT2D eigenvalue weighted by atomic mass is 9.69. The average molecular weight is 288 g/mol. The van der Waals surface area contributed by atoms with Gasteiger partial charge in [0.2, 0.25) is 0 Å². The van der Waals surface area contributed by atoms with Gasteiger partial charge >= 0.3 is 0 Å². The van der Waals surface area contributed by atoms with Crippen LogP contribution >= 0.6 is 0 Å². The Morgan fingerprint density at radius 3 is 1.48 bits per heavy atom. The first-order valence-corrected chi connectivity index (χ1v) is 7.96. The van der Waals surface area contributed by atoms with Gasteiger partial charge in [0.05, 0.1) is 0 Å². The van der Waals surface area contributed by atoms with Crippen LogP contribution in [0.5, 0.6) is 5.75 Å². The second kappa shape index (κ2) is 5.87. The van der Waals surface area contributed by atoms with Crippen LogP contribution in [-0.4, -0.2) is 5.11 Å². The molecular formula is C20H32O. The molecule has 0 bridgehead atoms. The van der Waals surface area contributed by atoms with Crippen molar-refractivity contribution in [2.75, 3.05) is 0 Å². The highest BCUT2D eigenvalue weighted by atomic mass is 16.3. The van der Waals surface area contributed by atoms with Gasteiger partial charge in [-0.15, -0.1) is 0 Å². The van der Waals surface area contributed by atoms with E-state index in [1.54, 1.807) is 0 Å². The highest BCUT2D eigenvalue weighted by Gasteiger charge is 2.34. The van der Waals surface area contributed by atoms with E-state index in [-0.39, 0.29) is 10.8 Å². The van der Waals surface area contributed by atoms with E-state index in [9.17, 15) is 5.11 Å². The number of benzene rings is 1. The van der Waals surface area contributed by atoms with Gasteiger partial charge in [-0.2, -0.15) is 0 Å². The van der Waals surface area contributed by atoms with Gasteiger partial charge in [0, 0.05) is 11.1 Å². The van der Waals surface area contributed by atoms with Crippen molar-refractivity contribution in [3.8, 4) is 5.75 Å². The van der Waals surface area contributed by atoms with E-state index in [4.69, 9.17) is 0 Å². The van der Waals surface area contributed by atoms with Gasteiger partial charge in [-0.05, 0) is 40.4 Å². The summed E-state index contributed by atoms with van der Waals surface area (Å²) in [4.78, 5) is 0. The molecule has 21 heavy (non-hydrogen) atoms. The summed E-state index contributed by atoms with van der Waals surface area (Å²) < 4.78 is 0.